The number of amides is 2. The molecule has 0 unspecified atom stereocenters. The monoisotopic (exact) mass is 1120 g/mol. The largest absolute Gasteiger partial charge is 0.462 e. The molecule has 4 aliphatic rings. The first-order chi connectivity index (χ1) is 39.2. The zero-order valence-corrected chi connectivity index (χ0v) is 53.1. The Balaban J connectivity index is 1.22. The van der Waals surface area contributed by atoms with E-state index in [1.165, 1.54) is 140 Å². The first kappa shape index (κ1) is 69.9. The van der Waals surface area contributed by atoms with Crippen LogP contribution >= 0.6 is 0 Å². The number of carbonyl (C=O) groups is 4. The van der Waals surface area contributed by atoms with Gasteiger partial charge < -0.3 is 14.4 Å². The lowest BCUT2D eigenvalue weighted by Gasteiger charge is -2.58. The number of hydrogen-bond acceptors (Lipinski definition) is 7. The molecule has 3 saturated carbocycles. The zero-order valence-electron chi connectivity index (χ0n) is 53.1. The summed E-state index contributed by atoms with van der Waals surface area (Å²) in [6.07, 6.45) is 62.5. The molecule has 4 aliphatic carbocycles. The van der Waals surface area contributed by atoms with Crippen LogP contribution in [-0.4, -0.2) is 54.0 Å². The molecule has 0 aliphatic heterocycles. The van der Waals surface area contributed by atoms with Crippen molar-refractivity contribution in [2.75, 3.05) is 13.1 Å². The second-order valence-corrected chi connectivity index (χ2v) is 26.7. The van der Waals surface area contributed by atoms with E-state index in [1.807, 2.05) is 0 Å². The van der Waals surface area contributed by atoms with Gasteiger partial charge in [0.05, 0.1) is 6.42 Å². The molecule has 9 heteroatoms. The van der Waals surface area contributed by atoms with Crippen LogP contribution in [0.3, 0.4) is 0 Å². The maximum absolute atomic E-state index is 13.7. The number of nitrogens with zero attached hydrogens (tertiary/aromatic N) is 2. The minimum atomic E-state index is -1.05. The van der Waals surface area contributed by atoms with E-state index in [0.29, 0.717) is 23.7 Å². The lowest BCUT2D eigenvalue weighted by Crippen LogP contribution is -2.51. The van der Waals surface area contributed by atoms with E-state index in [9.17, 15) is 24.1 Å². The van der Waals surface area contributed by atoms with Crippen LogP contribution in [0.4, 0.5) is 0 Å². The molecule has 0 N–H and O–H groups in total. The lowest BCUT2D eigenvalue weighted by atomic mass is 9.47. The normalized spacial score (nSPS) is 24.0. The standard InChI is InChI=1S/C72H120N2O7/c1-8-10-12-14-16-18-20-22-24-26-28-30-32-34-36-38-43-61(44-39-37-35-33-31-29-27-25-23-21-19-17-15-13-11-9-2)80-69(77)50-49-68(76)74(56-67(75)73-79)57-70(78)81-62-51-53-71(6)60(55-62)45-46-63-65-48-47-64(59(5)42-40-41-58(3)4)72(65,7)54-52-66(63)71/h16-19,22-25,45,58-59,61-66H,8-15,20-21,26-44,46-57H2,1-7H3/b18-16-,19-17-,24-22-,25-23-/t59-,62+,63+,64-,65+,66+,71+,72-/m1/s1. The van der Waals surface area contributed by atoms with Gasteiger partial charge in [0, 0.05) is 18.0 Å². The second-order valence-electron chi connectivity index (χ2n) is 26.7. The van der Waals surface area contributed by atoms with Crippen LogP contribution in [0.5, 0.6) is 0 Å². The molecule has 0 heterocycles. The summed E-state index contributed by atoms with van der Waals surface area (Å²) in [4.78, 5) is 65.4. The van der Waals surface area contributed by atoms with E-state index in [4.69, 9.17) is 9.47 Å². The van der Waals surface area contributed by atoms with Crippen molar-refractivity contribution < 1.29 is 28.7 Å². The van der Waals surface area contributed by atoms with Gasteiger partial charge in [0.15, 0.2) is 0 Å². The summed E-state index contributed by atoms with van der Waals surface area (Å²) in [6, 6.07) is 0. The fraction of sp³-hybridized carbons (Fsp3) is 0.806. The van der Waals surface area contributed by atoms with Crippen molar-refractivity contribution in [1.82, 2.24) is 4.90 Å². The Hall–Kier alpha value is -3.62. The highest BCUT2D eigenvalue weighted by Gasteiger charge is 2.59. The number of fused-ring (bicyclic) bond motifs is 5. The van der Waals surface area contributed by atoms with Gasteiger partial charge in [-0.1, -0.05) is 205 Å². The number of nitroso groups, excluding NO2 is 1. The highest BCUT2D eigenvalue weighted by atomic mass is 16.5. The number of hydrogen-bond donors (Lipinski definition) is 0. The molecular weight excluding hydrogens is 1000 g/mol. The molecule has 0 aromatic carbocycles. The van der Waals surface area contributed by atoms with Crippen LogP contribution in [0.25, 0.3) is 0 Å². The molecule has 460 valence electrons. The molecule has 4 rings (SSSR count). The Morgan fingerprint density at radius 1 is 0.605 bits per heavy atom. The molecule has 8 atom stereocenters. The fourth-order valence-corrected chi connectivity index (χ4v) is 15.2. The second kappa shape index (κ2) is 40.6. The lowest BCUT2D eigenvalue weighted by molar-refractivity contribution is -0.156. The molecule has 2 amide bonds. The fourth-order valence-electron chi connectivity index (χ4n) is 15.2. The van der Waals surface area contributed by atoms with E-state index >= 15 is 0 Å². The summed E-state index contributed by atoms with van der Waals surface area (Å²) in [7, 11) is 0. The molecule has 3 fully saturated rings. The van der Waals surface area contributed by atoms with Gasteiger partial charge in [-0.25, -0.2) is 0 Å². The molecule has 0 radical (unpaired) electrons. The first-order valence-corrected chi connectivity index (χ1v) is 34.1. The van der Waals surface area contributed by atoms with E-state index in [0.717, 1.165) is 125 Å². The average Bonchev–Trinajstić information content (AvgIpc) is 3.91. The van der Waals surface area contributed by atoms with Crippen LogP contribution in [0.15, 0.2) is 65.4 Å². The predicted octanol–water partition coefficient (Wildman–Crippen LogP) is 20.2. The van der Waals surface area contributed by atoms with Gasteiger partial charge in [-0.2, -0.15) is 0 Å². The molecule has 0 spiro atoms. The quantitative estimate of drug-likeness (QED) is 0.0258. The van der Waals surface area contributed by atoms with Crippen molar-refractivity contribution in [2.24, 2.45) is 51.5 Å². The molecule has 0 saturated heterocycles. The minimum absolute atomic E-state index is 0.0940. The Morgan fingerprint density at radius 3 is 1.72 bits per heavy atom. The van der Waals surface area contributed by atoms with Crippen molar-refractivity contribution in [3.05, 3.63) is 65.2 Å². The number of rotatable bonds is 44. The van der Waals surface area contributed by atoms with E-state index < -0.39 is 36.8 Å². The van der Waals surface area contributed by atoms with Gasteiger partial charge in [0.1, 0.15) is 25.3 Å². The van der Waals surface area contributed by atoms with Gasteiger partial charge in [-0.3, -0.25) is 19.2 Å². The third-order valence-corrected chi connectivity index (χ3v) is 20.0. The van der Waals surface area contributed by atoms with Crippen LogP contribution in [0.2, 0.25) is 0 Å². The molecule has 0 bridgehead atoms. The summed E-state index contributed by atoms with van der Waals surface area (Å²) in [5.74, 6) is 1.80. The van der Waals surface area contributed by atoms with Crippen LogP contribution < -0.4 is 0 Å². The smallest absolute Gasteiger partial charge is 0.325 e. The van der Waals surface area contributed by atoms with E-state index in [-0.39, 0.29) is 30.5 Å². The average molecular weight is 1130 g/mol. The SMILES string of the molecule is CCCCC/C=C\C/C=C\CCCCCCCCC(CCCCCCCC/C=C\C/C=C\CCCCC)OC(=O)CCC(=O)N(CC(=O)N=O)CC(=O)O[C@H]1CC[C@@]2(C)C(=CC[C@H]3[C@@H]4CC[C@H]([C@H](C)CCCC(C)C)[C@@]4(C)CC[C@@H]32)C1. The van der Waals surface area contributed by atoms with Crippen molar-refractivity contribution >= 4 is 23.8 Å². The summed E-state index contributed by atoms with van der Waals surface area (Å²) in [6.45, 7) is 15.7. The Morgan fingerprint density at radius 2 is 1.16 bits per heavy atom. The van der Waals surface area contributed by atoms with Crippen LogP contribution in [-0.2, 0) is 28.7 Å². The third kappa shape index (κ3) is 26.0. The van der Waals surface area contributed by atoms with Gasteiger partial charge >= 0.3 is 17.8 Å². The third-order valence-electron chi connectivity index (χ3n) is 20.0. The van der Waals surface area contributed by atoms with Crippen molar-refractivity contribution in [1.29, 1.82) is 0 Å². The molecule has 0 aromatic heterocycles. The number of esters is 2. The molecule has 0 aromatic rings. The predicted molar refractivity (Wildman–Crippen MR) is 337 cm³/mol. The number of ether oxygens (including phenoxy) is 2. The summed E-state index contributed by atoms with van der Waals surface area (Å²) >= 11 is 0. The summed E-state index contributed by atoms with van der Waals surface area (Å²) < 4.78 is 12.2. The van der Waals surface area contributed by atoms with Crippen molar-refractivity contribution in [3.63, 3.8) is 0 Å². The minimum Gasteiger partial charge on any atom is -0.462 e. The van der Waals surface area contributed by atoms with Gasteiger partial charge in [0.2, 0.25) is 5.91 Å². The Kier molecular flexibility index (Phi) is 35.0. The van der Waals surface area contributed by atoms with E-state index in [2.05, 4.69) is 108 Å². The zero-order chi connectivity index (χ0) is 58.6. The number of allylic oxidation sites excluding steroid dienone is 9. The topological polar surface area (TPSA) is 119 Å². The molecule has 9 nitrogen and oxygen atoms in total. The van der Waals surface area contributed by atoms with Gasteiger partial charge in [-0.15, -0.1) is 4.91 Å². The molecule has 81 heavy (non-hydrogen) atoms. The Bertz CT molecular complexity index is 1900. The van der Waals surface area contributed by atoms with Crippen LogP contribution in [0.1, 0.15) is 299 Å². The van der Waals surface area contributed by atoms with Crippen LogP contribution in [0, 0.1) is 51.2 Å². The summed E-state index contributed by atoms with van der Waals surface area (Å²) in [5.41, 5.74) is 1.93. The maximum atomic E-state index is 13.7. The van der Waals surface area contributed by atoms with Gasteiger partial charge in [-0.05, 0) is 181 Å². The van der Waals surface area contributed by atoms with Crippen molar-refractivity contribution in [2.45, 2.75) is 311 Å². The highest BCUT2D eigenvalue weighted by molar-refractivity contribution is 5.89. The van der Waals surface area contributed by atoms with Crippen molar-refractivity contribution in [3.8, 4) is 0 Å². The molecular formula is C72H120N2O7. The number of unbranched alkanes of at least 4 members (excludes halogenated alkanes) is 18. The highest BCUT2D eigenvalue weighted by Crippen LogP contribution is 2.67. The first-order valence-electron chi connectivity index (χ1n) is 34.1. The number of carbonyl (C=O) groups excluding carboxylic acids is 4. The van der Waals surface area contributed by atoms with E-state index in [1.54, 1.807) is 0 Å². The Labute approximate surface area is 496 Å². The maximum Gasteiger partial charge on any atom is 0.325 e. The summed E-state index contributed by atoms with van der Waals surface area (Å²) in [5, 5.41) is 2.53. The van der Waals surface area contributed by atoms with Gasteiger partial charge in [0.25, 0.3) is 0 Å².